The highest BCUT2D eigenvalue weighted by Crippen LogP contribution is 2.29. The number of aryl methyl sites for hydroxylation is 1. The molecule has 0 radical (unpaired) electrons. The van der Waals surface area contributed by atoms with Crippen molar-refractivity contribution in [2.24, 2.45) is 0 Å². The van der Waals surface area contributed by atoms with Crippen LogP contribution in [0.2, 0.25) is 5.02 Å². The van der Waals surface area contributed by atoms with E-state index in [-0.39, 0.29) is 11.8 Å². The number of nitrogens with one attached hydrogen (secondary N) is 1. The minimum atomic E-state index is -0.281. The van der Waals surface area contributed by atoms with Crippen molar-refractivity contribution in [3.8, 4) is 0 Å². The molecule has 0 saturated carbocycles. The van der Waals surface area contributed by atoms with Crippen molar-refractivity contribution in [3.63, 3.8) is 0 Å². The lowest BCUT2D eigenvalue weighted by molar-refractivity contribution is 0.0989. The van der Waals surface area contributed by atoms with Gasteiger partial charge in [-0.15, -0.1) is 0 Å². The van der Waals surface area contributed by atoms with Gasteiger partial charge in [0.2, 0.25) is 0 Å². The fraction of sp³-hybridized carbons (Fsp3) is 0.130. The highest BCUT2D eigenvalue weighted by atomic mass is 35.5. The standard InChI is InChI=1S/C23H19ClN2O2/c1-15-9-10-19(14-20(15)24)25-22(27)17-6-4-7-18(13-17)23(28)26-12-11-16-5-2-3-8-21(16)26/h2-10,13-14H,11-12H2,1H3,(H,25,27). The minimum Gasteiger partial charge on any atom is -0.322 e. The van der Waals surface area contributed by atoms with Gasteiger partial charge in [-0.1, -0.05) is 41.9 Å². The molecule has 4 nitrogen and oxygen atoms in total. The lowest BCUT2D eigenvalue weighted by atomic mass is 10.1. The summed E-state index contributed by atoms with van der Waals surface area (Å²) in [4.78, 5) is 27.4. The number of benzene rings is 3. The second-order valence-corrected chi connectivity index (χ2v) is 7.24. The van der Waals surface area contributed by atoms with E-state index in [1.807, 2.05) is 37.3 Å². The first-order valence-electron chi connectivity index (χ1n) is 9.10. The topological polar surface area (TPSA) is 49.4 Å². The molecule has 0 aliphatic carbocycles. The van der Waals surface area contributed by atoms with Gasteiger partial charge in [0.25, 0.3) is 11.8 Å². The fourth-order valence-electron chi connectivity index (χ4n) is 3.37. The largest absolute Gasteiger partial charge is 0.322 e. The van der Waals surface area contributed by atoms with Crippen LogP contribution in [0.25, 0.3) is 0 Å². The van der Waals surface area contributed by atoms with Gasteiger partial charge < -0.3 is 10.2 Å². The summed E-state index contributed by atoms with van der Waals surface area (Å²) >= 11 is 6.12. The smallest absolute Gasteiger partial charge is 0.258 e. The maximum Gasteiger partial charge on any atom is 0.258 e. The number of nitrogens with zero attached hydrogens (tertiary/aromatic N) is 1. The van der Waals surface area contributed by atoms with E-state index in [1.165, 1.54) is 5.56 Å². The number of para-hydroxylation sites is 1. The number of carbonyl (C=O) groups excluding carboxylic acids is 2. The van der Waals surface area contributed by atoms with E-state index in [0.717, 1.165) is 17.7 Å². The first kappa shape index (κ1) is 18.3. The van der Waals surface area contributed by atoms with E-state index in [1.54, 1.807) is 41.3 Å². The Morgan fingerprint density at radius 2 is 1.75 bits per heavy atom. The minimum absolute atomic E-state index is 0.0991. The highest BCUT2D eigenvalue weighted by molar-refractivity contribution is 6.31. The maximum atomic E-state index is 13.0. The zero-order valence-electron chi connectivity index (χ0n) is 15.4. The molecule has 1 heterocycles. The lowest BCUT2D eigenvalue weighted by Gasteiger charge is -2.17. The van der Waals surface area contributed by atoms with Gasteiger partial charge in [-0.2, -0.15) is 0 Å². The molecule has 2 amide bonds. The van der Waals surface area contributed by atoms with Crippen molar-refractivity contribution in [2.45, 2.75) is 13.3 Å². The van der Waals surface area contributed by atoms with E-state index >= 15 is 0 Å². The summed E-state index contributed by atoms with van der Waals surface area (Å²) < 4.78 is 0. The normalized spacial score (nSPS) is 12.6. The van der Waals surface area contributed by atoms with Crippen molar-refractivity contribution in [1.29, 1.82) is 0 Å². The molecule has 1 N–H and O–H groups in total. The van der Waals surface area contributed by atoms with Crippen LogP contribution in [0.5, 0.6) is 0 Å². The van der Waals surface area contributed by atoms with Gasteiger partial charge in [0, 0.05) is 34.1 Å². The molecule has 0 unspecified atom stereocenters. The van der Waals surface area contributed by atoms with Gasteiger partial charge in [0.1, 0.15) is 0 Å². The highest BCUT2D eigenvalue weighted by Gasteiger charge is 2.25. The molecule has 1 aliphatic heterocycles. The van der Waals surface area contributed by atoms with Gasteiger partial charge in [0.15, 0.2) is 0 Å². The summed E-state index contributed by atoms with van der Waals surface area (Å²) in [5.41, 5.74) is 4.59. The predicted molar refractivity (Wildman–Crippen MR) is 112 cm³/mol. The Hall–Kier alpha value is -3.11. The molecular formula is C23H19ClN2O2. The van der Waals surface area contributed by atoms with E-state index in [4.69, 9.17) is 11.6 Å². The van der Waals surface area contributed by atoms with Gasteiger partial charge >= 0.3 is 0 Å². The zero-order chi connectivity index (χ0) is 19.7. The van der Waals surface area contributed by atoms with Gasteiger partial charge in [-0.05, 0) is 60.9 Å². The summed E-state index contributed by atoms with van der Waals surface area (Å²) in [6.07, 6.45) is 0.844. The van der Waals surface area contributed by atoms with Crippen LogP contribution in [-0.4, -0.2) is 18.4 Å². The molecule has 0 atom stereocenters. The molecule has 3 aromatic rings. The molecular weight excluding hydrogens is 372 g/mol. The van der Waals surface area contributed by atoms with Crippen molar-refractivity contribution in [2.75, 3.05) is 16.8 Å². The predicted octanol–water partition coefficient (Wildman–Crippen LogP) is 5.10. The third-order valence-corrected chi connectivity index (χ3v) is 5.34. The van der Waals surface area contributed by atoms with Crippen molar-refractivity contribution in [1.82, 2.24) is 0 Å². The monoisotopic (exact) mass is 390 g/mol. The molecule has 28 heavy (non-hydrogen) atoms. The number of fused-ring (bicyclic) bond motifs is 1. The molecule has 0 saturated heterocycles. The summed E-state index contributed by atoms with van der Waals surface area (Å²) in [6.45, 7) is 2.55. The van der Waals surface area contributed by atoms with Crippen molar-refractivity contribution >= 4 is 34.8 Å². The first-order chi connectivity index (χ1) is 13.5. The molecule has 140 valence electrons. The van der Waals surface area contributed by atoms with E-state index in [2.05, 4.69) is 5.32 Å². The maximum absolute atomic E-state index is 13.0. The molecule has 5 heteroatoms. The number of amides is 2. The van der Waals surface area contributed by atoms with E-state index in [0.29, 0.717) is 28.4 Å². The number of halogens is 1. The van der Waals surface area contributed by atoms with Crippen LogP contribution in [0.3, 0.4) is 0 Å². The second-order valence-electron chi connectivity index (χ2n) is 6.83. The Morgan fingerprint density at radius 3 is 2.57 bits per heavy atom. The molecule has 0 fully saturated rings. The number of carbonyl (C=O) groups is 2. The summed E-state index contributed by atoms with van der Waals surface area (Å²) in [5.74, 6) is -0.380. The van der Waals surface area contributed by atoms with Crippen LogP contribution in [-0.2, 0) is 6.42 Å². The van der Waals surface area contributed by atoms with Gasteiger partial charge in [0.05, 0.1) is 0 Å². The van der Waals surface area contributed by atoms with Crippen LogP contribution in [0.1, 0.15) is 31.8 Å². The third kappa shape index (κ3) is 3.51. The first-order valence-corrected chi connectivity index (χ1v) is 9.48. The molecule has 4 rings (SSSR count). The van der Waals surface area contributed by atoms with Crippen molar-refractivity contribution in [3.05, 3.63) is 94.0 Å². The molecule has 1 aliphatic rings. The Balaban J connectivity index is 1.55. The van der Waals surface area contributed by atoms with Gasteiger partial charge in [-0.3, -0.25) is 9.59 Å². The van der Waals surface area contributed by atoms with Crippen LogP contribution in [0.4, 0.5) is 11.4 Å². The second kappa shape index (κ2) is 7.49. The Labute approximate surface area is 168 Å². The Bertz CT molecular complexity index is 1080. The summed E-state index contributed by atoms with van der Waals surface area (Å²) in [7, 11) is 0. The number of rotatable bonds is 3. The molecule has 0 aromatic heterocycles. The average molecular weight is 391 g/mol. The SMILES string of the molecule is Cc1ccc(NC(=O)c2cccc(C(=O)N3CCc4ccccc43)c2)cc1Cl. The van der Waals surface area contributed by atoms with Crippen molar-refractivity contribution < 1.29 is 9.59 Å². The average Bonchev–Trinajstić information content (AvgIpc) is 3.14. The van der Waals surface area contributed by atoms with Crippen LogP contribution in [0, 0.1) is 6.92 Å². The molecule has 3 aromatic carbocycles. The van der Waals surface area contributed by atoms with E-state index in [9.17, 15) is 9.59 Å². The van der Waals surface area contributed by atoms with E-state index < -0.39 is 0 Å². The van der Waals surface area contributed by atoms with Gasteiger partial charge in [-0.25, -0.2) is 0 Å². The molecule has 0 bridgehead atoms. The Morgan fingerprint density at radius 1 is 0.964 bits per heavy atom. The fourth-order valence-corrected chi connectivity index (χ4v) is 3.55. The lowest BCUT2D eigenvalue weighted by Crippen LogP contribution is -2.29. The summed E-state index contributed by atoms with van der Waals surface area (Å²) in [6, 6.07) is 20.1. The number of hydrogen-bond acceptors (Lipinski definition) is 2. The number of anilines is 2. The third-order valence-electron chi connectivity index (χ3n) is 4.93. The zero-order valence-corrected chi connectivity index (χ0v) is 16.2. The van der Waals surface area contributed by atoms with Crippen LogP contribution in [0.15, 0.2) is 66.7 Å². The Kier molecular flexibility index (Phi) is 4.88. The molecule has 0 spiro atoms. The number of hydrogen-bond donors (Lipinski definition) is 1. The van der Waals surface area contributed by atoms with Crippen LogP contribution >= 0.6 is 11.6 Å². The van der Waals surface area contributed by atoms with Crippen LogP contribution < -0.4 is 10.2 Å². The quantitative estimate of drug-likeness (QED) is 0.676. The summed E-state index contributed by atoms with van der Waals surface area (Å²) in [5, 5.41) is 3.42.